The highest BCUT2D eigenvalue weighted by Crippen LogP contribution is 2.21. The van der Waals surface area contributed by atoms with E-state index in [-0.39, 0.29) is 6.61 Å². The van der Waals surface area contributed by atoms with Crippen LogP contribution in [-0.2, 0) is 10.0 Å². The van der Waals surface area contributed by atoms with Gasteiger partial charge in [0, 0.05) is 12.6 Å². The van der Waals surface area contributed by atoms with Crippen LogP contribution in [0.5, 0.6) is 0 Å². The second-order valence-electron chi connectivity index (χ2n) is 4.43. The van der Waals surface area contributed by atoms with Crippen LogP contribution in [0.1, 0.15) is 30.1 Å². The van der Waals surface area contributed by atoms with E-state index in [9.17, 15) is 22.0 Å². The molecule has 0 saturated carbocycles. The number of hydrogen-bond donors (Lipinski definition) is 3. The molecule has 9 heteroatoms. The highest BCUT2D eigenvalue weighted by Gasteiger charge is 2.27. The van der Waals surface area contributed by atoms with Crippen molar-refractivity contribution in [3.63, 3.8) is 0 Å². The molecule has 0 aliphatic rings. The first-order chi connectivity index (χ1) is 9.70. The summed E-state index contributed by atoms with van der Waals surface area (Å²) >= 11 is 0. The fourth-order valence-corrected chi connectivity index (χ4v) is 3.08. The summed E-state index contributed by atoms with van der Waals surface area (Å²) in [6, 6.07) is 0.650. The fraction of sp³-hybridized carbons (Fsp3) is 0.417. The molecule has 1 aromatic carbocycles. The molecule has 0 heterocycles. The average molecular weight is 323 g/mol. The van der Waals surface area contributed by atoms with Gasteiger partial charge in [-0.05, 0) is 31.9 Å². The molecule has 6 nitrogen and oxygen atoms in total. The molecule has 0 bridgehead atoms. The van der Waals surface area contributed by atoms with Crippen molar-refractivity contribution in [2.45, 2.75) is 30.7 Å². The Kier molecular flexibility index (Phi) is 5.76. The molecule has 0 aliphatic carbocycles. The minimum Gasteiger partial charge on any atom is -0.477 e. The van der Waals surface area contributed by atoms with Gasteiger partial charge in [0.1, 0.15) is 16.3 Å². The molecule has 1 rings (SSSR count). The Morgan fingerprint density at radius 1 is 1.38 bits per heavy atom. The van der Waals surface area contributed by atoms with Crippen LogP contribution in [0.4, 0.5) is 8.78 Å². The summed E-state index contributed by atoms with van der Waals surface area (Å²) in [5.74, 6) is -4.90. The second-order valence-corrected chi connectivity index (χ2v) is 6.11. The Morgan fingerprint density at radius 3 is 2.52 bits per heavy atom. The highest BCUT2D eigenvalue weighted by atomic mass is 32.2. The number of halogens is 2. The van der Waals surface area contributed by atoms with Crippen LogP contribution in [0.2, 0.25) is 0 Å². The summed E-state index contributed by atoms with van der Waals surface area (Å²) in [6.45, 7) is 1.38. The molecule has 0 saturated heterocycles. The van der Waals surface area contributed by atoms with E-state index < -0.39 is 44.1 Å². The van der Waals surface area contributed by atoms with Gasteiger partial charge in [0.15, 0.2) is 5.82 Å². The molecule has 0 amide bonds. The maximum atomic E-state index is 13.9. The van der Waals surface area contributed by atoms with E-state index in [1.54, 1.807) is 0 Å². The van der Waals surface area contributed by atoms with E-state index in [2.05, 4.69) is 4.72 Å². The Labute approximate surface area is 120 Å². The first-order valence-electron chi connectivity index (χ1n) is 6.05. The van der Waals surface area contributed by atoms with Crippen LogP contribution in [0.15, 0.2) is 17.0 Å². The molecule has 0 aliphatic heterocycles. The van der Waals surface area contributed by atoms with Gasteiger partial charge >= 0.3 is 5.97 Å². The van der Waals surface area contributed by atoms with Gasteiger partial charge in [-0.2, -0.15) is 0 Å². The summed E-state index contributed by atoms with van der Waals surface area (Å²) < 4.78 is 53.2. The lowest BCUT2D eigenvalue weighted by molar-refractivity contribution is 0.0685. The van der Waals surface area contributed by atoms with Crippen molar-refractivity contribution >= 4 is 16.0 Å². The van der Waals surface area contributed by atoms with Crippen LogP contribution in [0.25, 0.3) is 0 Å². The predicted molar refractivity (Wildman–Crippen MR) is 69.4 cm³/mol. The number of carbonyl (C=O) groups is 1. The molecule has 118 valence electrons. The Hall–Kier alpha value is -1.58. The van der Waals surface area contributed by atoms with Crippen molar-refractivity contribution in [2.24, 2.45) is 0 Å². The molecule has 1 unspecified atom stereocenters. The zero-order valence-electron chi connectivity index (χ0n) is 11.1. The predicted octanol–water partition coefficient (Wildman–Crippen LogP) is 1.10. The average Bonchev–Trinajstić information content (AvgIpc) is 2.34. The number of aliphatic hydroxyl groups is 1. The van der Waals surface area contributed by atoms with Crippen molar-refractivity contribution in [2.75, 3.05) is 6.61 Å². The molecule has 3 N–H and O–H groups in total. The topological polar surface area (TPSA) is 104 Å². The third kappa shape index (κ3) is 4.19. The molecular weight excluding hydrogens is 308 g/mol. The quantitative estimate of drug-likeness (QED) is 0.697. The van der Waals surface area contributed by atoms with E-state index in [4.69, 9.17) is 10.2 Å². The third-order valence-electron chi connectivity index (χ3n) is 2.71. The van der Waals surface area contributed by atoms with Crippen molar-refractivity contribution < 1.29 is 32.2 Å². The van der Waals surface area contributed by atoms with Crippen LogP contribution in [-0.4, -0.2) is 37.2 Å². The first kappa shape index (κ1) is 17.5. The van der Waals surface area contributed by atoms with Gasteiger partial charge in [-0.25, -0.2) is 26.7 Å². The number of carboxylic acid groups (broad SMARTS) is 1. The monoisotopic (exact) mass is 323 g/mol. The van der Waals surface area contributed by atoms with Gasteiger partial charge in [-0.3, -0.25) is 0 Å². The molecule has 0 radical (unpaired) electrons. The second kappa shape index (κ2) is 6.92. The molecule has 21 heavy (non-hydrogen) atoms. The smallest absolute Gasteiger partial charge is 0.341 e. The summed E-state index contributed by atoms with van der Waals surface area (Å²) in [7, 11) is -4.33. The zero-order chi connectivity index (χ0) is 16.2. The summed E-state index contributed by atoms with van der Waals surface area (Å²) in [5.41, 5.74) is -1.32. The highest BCUT2D eigenvalue weighted by molar-refractivity contribution is 7.89. The number of aliphatic hydroxyl groups excluding tert-OH is 1. The first-order valence-corrected chi connectivity index (χ1v) is 7.53. The summed E-state index contributed by atoms with van der Waals surface area (Å²) in [4.78, 5) is 9.83. The molecule has 1 aromatic rings. The summed E-state index contributed by atoms with van der Waals surface area (Å²) in [6.07, 6.45) is 0.653. The number of nitrogens with one attached hydrogen (secondary N) is 1. The van der Waals surface area contributed by atoms with Gasteiger partial charge in [0.25, 0.3) is 0 Å². The van der Waals surface area contributed by atoms with E-state index >= 15 is 0 Å². The maximum Gasteiger partial charge on any atom is 0.341 e. The van der Waals surface area contributed by atoms with Gasteiger partial charge in [0.05, 0.1) is 0 Å². The molecule has 0 spiro atoms. The Morgan fingerprint density at radius 2 is 2.00 bits per heavy atom. The van der Waals surface area contributed by atoms with Crippen LogP contribution in [0.3, 0.4) is 0 Å². The van der Waals surface area contributed by atoms with Crippen LogP contribution < -0.4 is 4.72 Å². The van der Waals surface area contributed by atoms with Crippen LogP contribution in [0, 0.1) is 11.6 Å². The number of aromatic carboxylic acids is 1. The molecule has 0 fully saturated rings. The SMILES string of the molecule is CC(CCCO)NS(=O)(=O)c1ccc(F)c(C(=O)O)c1F. The Balaban J connectivity index is 3.15. The fourth-order valence-electron chi connectivity index (χ4n) is 1.72. The molecule has 1 atom stereocenters. The van der Waals surface area contributed by atoms with Gasteiger partial charge in [0.2, 0.25) is 10.0 Å². The minimum atomic E-state index is -4.33. The number of benzene rings is 1. The number of carboxylic acids is 1. The number of sulfonamides is 1. The zero-order valence-corrected chi connectivity index (χ0v) is 12.0. The lowest BCUT2D eigenvalue weighted by atomic mass is 10.2. The third-order valence-corrected chi connectivity index (χ3v) is 4.32. The molecular formula is C12H15F2NO5S. The van der Waals surface area contributed by atoms with Crippen molar-refractivity contribution in [3.05, 3.63) is 29.3 Å². The standard InChI is InChI=1S/C12H15F2NO5S/c1-7(3-2-6-16)15-21(19,20)9-5-4-8(13)10(11(9)14)12(17)18/h4-5,7,15-16H,2-3,6H2,1H3,(H,17,18). The minimum absolute atomic E-state index is 0.125. The van der Waals surface area contributed by atoms with Crippen molar-refractivity contribution in [3.8, 4) is 0 Å². The number of hydrogen-bond acceptors (Lipinski definition) is 4. The lowest BCUT2D eigenvalue weighted by Crippen LogP contribution is -2.33. The summed E-state index contributed by atoms with van der Waals surface area (Å²) in [5, 5.41) is 17.4. The normalized spacial score (nSPS) is 13.1. The largest absolute Gasteiger partial charge is 0.477 e. The lowest BCUT2D eigenvalue weighted by Gasteiger charge is -2.14. The Bertz CT molecular complexity index is 633. The van der Waals surface area contributed by atoms with E-state index in [1.807, 2.05) is 0 Å². The van der Waals surface area contributed by atoms with Crippen molar-refractivity contribution in [1.82, 2.24) is 4.72 Å². The van der Waals surface area contributed by atoms with Gasteiger partial charge < -0.3 is 10.2 Å². The molecule has 0 aromatic heterocycles. The van der Waals surface area contributed by atoms with Gasteiger partial charge in [-0.15, -0.1) is 0 Å². The van der Waals surface area contributed by atoms with E-state index in [0.717, 1.165) is 0 Å². The van der Waals surface area contributed by atoms with Gasteiger partial charge in [-0.1, -0.05) is 0 Å². The van der Waals surface area contributed by atoms with Crippen molar-refractivity contribution in [1.29, 1.82) is 0 Å². The maximum absolute atomic E-state index is 13.9. The van der Waals surface area contributed by atoms with Crippen LogP contribution >= 0.6 is 0 Å². The number of rotatable bonds is 7. The van der Waals surface area contributed by atoms with E-state index in [0.29, 0.717) is 25.0 Å². The van der Waals surface area contributed by atoms with E-state index in [1.165, 1.54) is 6.92 Å².